The Balaban J connectivity index is 1.58. The van der Waals surface area contributed by atoms with Crippen LogP contribution in [0.3, 0.4) is 0 Å². The highest BCUT2D eigenvalue weighted by molar-refractivity contribution is 6.30. The summed E-state index contributed by atoms with van der Waals surface area (Å²) >= 11 is 5.82. The highest BCUT2D eigenvalue weighted by atomic mass is 35.5. The molecular weight excluding hydrogens is 444 g/mol. The molecule has 10 heteroatoms. The van der Waals surface area contributed by atoms with Gasteiger partial charge < -0.3 is 20.3 Å². The Bertz CT molecular complexity index is 1000. The van der Waals surface area contributed by atoms with Gasteiger partial charge in [0.15, 0.2) is 0 Å². The molecule has 7 nitrogen and oxygen atoms in total. The van der Waals surface area contributed by atoms with Crippen LogP contribution in [0, 0.1) is 17.6 Å². The third-order valence-corrected chi connectivity index (χ3v) is 5.56. The van der Waals surface area contributed by atoms with E-state index in [1.165, 1.54) is 18.1 Å². The molecule has 2 atom stereocenters. The maximum atomic E-state index is 14.3. The molecule has 170 valence electrons. The Kier molecular flexibility index (Phi) is 7.63. The molecule has 0 aliphatic carbocycles. The van der Waals surface area contributed by atoms with E-state index in [4.69, 9.17) is 16.3 Å². The summed E-state index contributed by atoms with van der Waals surface area (Å²) < 4.78 is 32.4. The van der Waals surface area contributed by atoms with Crippen LogP contribution in [0.15, 0.2) is 42.5 Å². The number of hydrogen-bond acceptors (Lipinski definition) is 4. The molecule has 0 radical (unpaired) electrons. The van der Waals surface area contributed by atoms with Crippen LogP contribution in [-0.4, -0.2) is 49.6 Å². The lowest BCUT2D eigenvalue weighted by Crippen LogP contribution is -2.43. The minimum Gasteiger partial charge on any atom is -0.469 e. The van der Waals surface area contributed by atoms with E-state index in [2.05, 4.69) is 10.6 Å². The number of amides is 3. The Morgan fingerprint density at radius 1 is 1.09 bits per heavy atom. The molecule has 1 saturated heterocycles. The number of benzene rings is 2. The van der Waals surface area contributed by atoms with E-state index in [9.17, 15) is 23.2 Å². The van der Waals surface area contributed by atoms with Gasteiger partial charge in [-0.2, -0.15) is 0 Å². The fraction of sp³-hybridized carbons (Fsp3) is 0.318. The number of esters is 1. The molecule has 3 rings (SSSR count). The van der Waals surface area contributed by atoms with Crippen molar-refractivity contribution in [2.75, 3.05) is 26.7 Å². The molecule has 0 unspecified atom stereocenters. The average Bonchev–Trinajstić information content (AvgIpc) is 3.21. The Morgan fingerprint density at radius 2 is 1.81 bits per heavy atom. The fourth-order valence-electron chi connectivity index (χ4n) is 3.63. The second-order valence-corrected chi connectivity index (χ2v) is 7.80. The Labute approximate surface area is 188 Å². The summed E-state index contributed by atoms with van der Waals surface area (Å²) in [6.07, 6.45) is 0. The van der Waals surface area contributed by atoms with E-state index in [-0.39, 0.29) is 31.7 Å². The minimum absolute atomic E-state index is 0.00106. The molecule has 0 aromatic heterocycles. The third-order valence-electron chi connectivity index (χ3n) is 5.30. The van der Waals surface area contributed by atoms with Crippen LogP contribution in [-0.2, 0) is 20.9 Å². The van der Waals surface area contributed by atoms with Crippen LogP contribution in [0.2, 0.25) is 5.02 Å². The topological polar surface area (TPSA) is 87.7 Å². The van der Waals surface area contributed by atoms with Gasteiger partial charge in [-0.1, -0.05) is 29.8 Å². The Hall–Kier alpha value is -3.20. The molecule has 1 aliphatic heterocycles. The lowest BCUT2D eigenvalue weighted by molar-refractivity contribution is -0.145. The van der Waals surface area contributed by atoms with Crippen LogP contribution in [0.25, 0.3) is 0 Å². The van der Waals surface area contributed by atoms with Crippen molar-refractivity contribution in [2.45, 2.75) is 12.5 Å². The zero-order chi connectivity index (χ0) is 23.3. The van der Waals surface area contributed by atoms with Gasteiger partial charge in [0.2, 0.25) is 5.91 Å². The lowest BCUT2D eigenvalue weighted by atomic mass is 9.88. The summed E-state index contributed by atoms with van der Waals surface area (Å²) in [5.74, 6) is -4.06. The van der Waals surface area contributed by atoms with Crippen molar-refractivity contribution in [1.29, 1.82) is 0 Å². The largest absolute Gasteiger partial charge is 0.469 e. The number of nitrogens with one attached hydrogen (secondary N) is 2. The van der Waals surface area contributed by atoms with Crippen molar-refractivity contribution in [3.63, 3.8) is 0 Å². The number of carbonyl (C=O) groups is 3. The second kappa shape index (κ2) is 10.4. The minimum atomic E-state index is -0.803. The second-order valence-electron chi connectivity index (χ2n) is 7.36. The van der Waals surface area contributed by atoms with E-state index in [0.717, 1.165) is 17.7 Å². The Morgan fingerprint density at radius 3 is 2.47 bits per heavy atom. The molecule has 0 spiro atoms. The first-order valence-electron chi connectivity index (χ1n) is 9.85. The quantitative estimate of drug-likeness (QED) is 0.642. The number of carbonyl (C=O) groups excluding carboxylic acids is 3. The maximum absolute atomic E-state index is 14.3. The summed E-state index contributed by atoms with van der Waals surface area (Å²) in [5.41, 5.74) is 0.964. The summed E-state index contributed by atoms with van der Waals surface area (Å²) in [5, 5.41) is 5.67. The predicted octanol–water partition coefficient (Wildman–Crippen LogP) is 2.83. The number of rotatable bonds is 6. The fourth-order valence-corrected chi connectivity index (χ4v) is 3.76. The monoisotopic (exact) mass is 465 g/mol. The van der Waals surface area contributed by atoms with Gasteiger partial charge in [-0.15, -0.1) is 0 Å². The summed E-state index contributed by atoms with van der Waals surface area (Å²) in [4.78, 5) is 38.2. The molecule has 1 aliphatic rings. The zero-order valence-electron chi connectivity index (χ0n) is 17.2. The smallest absolute Gasteiger partial charge is 0.315 e. The number of nitrogens with zero attached hydrogens (tertiary/aromatic N) is 1. The number of ether oxygens (including phenoxy) is 1. The molecule has 0 saturated carbocycles. The van der Waals surface area contributed by atoms with Crippen LogP contribution >= 0.6 is 11.6 Å². The van der Waals surface area contributed by atoms with E-state index in [0.29, 0.717) is 5.02 Å². The summed E-state index contributed by atoms with van der Waals surface area (Å²) in [6.45, 7) is -0.0213. The molecular formula is C22H22ClF2N3O4. The number of likely N-dealkylation sites (tertiary alicyclic amines) is 1. The van der Waals surface area contributed by atoms with Crippen molar-refractivity contribution in [2.24, 2.45) is 5.92 Å². The summed E-state index contributed by atoms with van der Waals surface area (Å²) in [7, 11) is 1.21. The molecule has 2 aromatic rings. The molecule has 0 bridgehead atoms. The number of halogens is 3. The maximum Gasteiger partial charge on any atom is 0.315 e. The van der Waals surface area contributed by atoms with Crippen LogP contribution in [0.1, 0.15) is 17.0 Å². The van der Waals surface area contributed by atoms with Crippen molar-refractivity contribution in [3.8, 4) is 0 Å². The first-order chi connectivity index (χ1) is 15.3. The predicted molar refractivity (Wildman–Crippen MR) is 113 cm³/mol. The molecule has 32 heavy (non-hydrogen) atoms. The highest BCUT2D eigenvalue weighted by Gasteiger charge is 2.42. The van der Waals surface area contributed by atoms with E-state index < -0.39 is 41.4 Å². The normalized spacial score (nSPS) is 17.7. The van der Waals surface area contributed by atoms with Gasteiger partial charge in [0, 0.05) is 36.6 Å². The van der Waals surface area contributed by atoms with Gasteiger partial charge in [-0.05, 0) is 29.3 Å². The van der Waals surface area contributed by atoms with Crippen LogP contribution in [0.4, 0.5) is 13.6 Å². The van der Waals surface area contributed by atoms with Crippen LogP contribution < -0.4 is 10.6 Å². The average molecular weight is 466 g/mol. The van der Waals surface area contributed by atoms with Gasteiger partial charge in [-0.3, -0.25) is 9.59 Å². The third kappa shape index (κ3) is 5.73. The van der Waals surface area contributed by atoms with E-state index >= 15 is 0 Å². The number of urea groups is 1. The van der Waals surface area contributed by atoms with Crippen molar-refractivity contribution < 1.29 is 27.9 Å². The van der Waals surface area contributed by atoms with Gasteiger partial charge >= 0.3 is 12.0 Å². The summed E-state index contributed by atoms with van der Waals surface area (Å²) in [6, 6.07) is 9.49. The van der Waals surface area contributed by atoms with Gasteiger partial charge in [-0.25, -0.2) is 13.6 Å². The molecule has 3 amide bonds. The standard InChI is InChI=1S/C22H22ClF2N3O4/c1-32-21(30)18-12-28(11-17(18)16-7-6-15(24)8-19(16)25)20(29)10-27-22(31)26-9-13-2-4-14(23)5-3-13/h2-8,17-18H,9-12H2,1H3,(H2,26,27,31)/t17-,18+/m0/s1. The van der Waals surface area contributed by atoms with Gasteiger partial charge in [0.05, 0.1) is 19.6 Å². The van der Waals surface area contributed by atoms with Crippen molar-refractivity contribution in [3.05, 3.63) is 70.2 Å². The van der Waals surface area contributed by atoms with Crippen molar-refractivity contribution >= 4 is 29.5 Å². The highest BCUT2D eigenvalue weighted by Crippen LogP contribution is 2.35. The number of hydrogen-bond donors (Lipinski definition) is 2. The first kappa shape index (κ1) is 23.5. The molecule has 2 aromatic carbocycles. The number of methoxy groups -OCH3 is 1. The van der Waals surface area contributed by atoms with Crippen LogP contribution in [0.5, 0.6) is 0 Å². The van der Waals surface area contributed by atoms with Gasteiger partial charge in [0.25, 0.3) is 0 Å². The molecule has 2 N–H and O–H groups in total. The first-order valence-corrected chi connectivity index (χ1v) is 10.2. The zero-order valence-corrected chi connectivity index (χ0v) is 18.0. The lowest BCUT2D eigenvalue weighted by Gasteiger charge is -2.17. The molecule has 1 fully saturated rings. The van der Waals surface area contributed by atoms with E-state index in [1.54, 1.807) is 24.3 Å². The molecule has 1 heterocycles. The van der Waals surface area contributed by atoms with Gasteiger partial charge in [0.1, 0.15) is 11.6 Å². The van der Waals surface area contributed by atoms with Crippen molar-refractivity contribution in [1.82, 2.24) is 15.5 Å². The van der Waals surface area contributed by atoms with E-state index in [1.807, 2.05) is 0 Å². The SMILES string of the molecule is COC(=O)[C@@H]1CN(C(=O)CNC(=O)NCc2ccc(Cl)cc2)C[C@H]1c1ccc(F)cc1F.